The predicted octanol–water partition coefficient (Wildman–Crippen LogP) is 0.937. The third-order valence-electron chi connectivity index (χ3n) is 3.74. The van der Waals surface area contributed by atoms with Crippen molar-refractivity contribution < 1.29 is 9.90 Å². The number of hydrogen-bond donors (Lipinski definition) is 2. The van der Waals surface area contributed by atoms with Crippen LogP contribution in [0.2, 0.25) is 0 Å². The molecule has 2 N–H and O–H groups in total. The highest BCUT2D eigenvalue weighted by Gasteiger charge is 2.26. The normalized spacial score (nSPS) is 22.5. The van der Waals surface area contributed by atoms with Gasteiger partial charge in [-0.05, 0) is 38.7 Å². The number of aromatic nitrogens is 2. The Balaban J connectivity index is 1.86. The van der Waals surface area contributed by atoms with Gasteiger partial charge in [-0.25, -0.2) is 0 Å². The van der Waals surface area contributed by atoms with E-state index >= 15 is 0 Å². The lowest BCUT2D eigenvalue weighted by atomic mass is 9.82. The van der Waals surface area contributed by atoms with Crippen LogP contribution < -0.4 is 5.32 Å². The van der Waals surface area contributed by atoms with E-state index in [1.165, 1.54) is 0 Å². The standard InChI is InChI=1S/C14H21N3O2/c1-9-13(10(2)17(3)16-9)4-5-14(19)15-8-11-6-12(18)7-11/h4-5,11-12,18H,6-8H2,1-3H3,(H,15,19). The first-order chi connectivity index (χ1) is 8.97. The number of hydrogen-bond acceptors (Lipinski definition) is 3. The molecule has 2 rings (SSSR count). The minimum absolute atomic E-state index is 0.0935. The molecule has 0 bridgehead atoms. The van der Waals surface area contributed by atoms with Crippen molar-refractivity contribution in [1.29, 1.82) is 0 Å². The van der Waals surface area contributed by atoms with Gasteiger partial charge in [0.2, 0.25) is 5.91 Å². The number of carbonyl (C=O) groups is 1. The Labute approximate surface area is 113 Å². The first kappa shape index (κ1) is 13.8. The summed E-state index contributed by atoms with van der Waals surface area (Å²) in [6.07, 6.45) is 4.78. The molecule has 0 aromatic carbocycles. The maximum atomic E-state index is 11.7. The molecule has 104 valence electrons. The quantitative estimate of drug-likeness (QED) is 0.794. The fraction of sp³-hybridized carbons (Fsp3) is 0.571. The van der Waals surface area contributed by atoms with Gasteiger partial charge in [-0.2, -0.15) is 5.10 Å². The Morgan fingerprint density at radius 2 is 2.21 bits per heavy atom. The second kappa shape index (κ2) is 5.57. The van der Waals surface area contributed by atoms with Gasteiger partial charge in [0.05, 0.1) is 11.8 Å². The summed E-state index contributed by atoms with van der Waals surface area (Å²) in [6.45, 7) is 4.55. The van der Waals surface area contributed by atoms with Gasteiger partial charge in [0.15, 0.2) is 0 Å². The molecule has 1 amide bonds. The van der Waals surface area contributed by atoms with Crippen LogP contribution in [-0.4, -0.2) is 33.4 Å². The molecule has 1 aromatic heterocycles. The molecule has 0 unspecified atom stereocenters. The van der Waals surface area contributed by atoms with E-state index in [9.17, 15) is 4.79 Å². The molecular weight excluding hydrogens is 242 g/mol. The SMILES string of the molecule is Cc1nn(C)c(C)c1C=CC(=O)NCC1CC(O)C1. The van der Waals surface area contributed by atoms with Crippen LogP contribution in [0.15, 0.2) is 6.08 Å². The summed E-state index contributed by atoms with van der Waals surface area (Å²) >= 11 is 0. The van der Waals surface area contributed by atoms with E-state index in [1.54, 1.807) is 6.08 Å². The first-order valence-corrected chi connectivity index (χ1v) is 6.61. The van der Waals surface area contributed by atoms with Crippen molar-refractivity contribution >= 4 is 12.0 Å². The van der Waals surface area contributed by atoms with Crippen molar-refractivity contribution in [3.8, 4) is 0 Å². The van der Waals surface area contributed by atoms with E-state index in [2.05, 4.69) is 10.4 Å². The lowest BCUT2D eigenvalue weighted by Crippen LogP contribution is -2.37. The number of amides is 1. The van der Waals surface area contributed by atoms with E-state index in [0.717, 1.165) is 29.8 Å². The van der Waals surface area contributed by atoms with Crippen LogP contribution >= 0.6 is 0 Å². The molecule has 19 heavy (non-hydrogen) atoms. The second-order valence-electron chi connectivity index (χ2n) is 5.28. The molecule has 0 aliphatic heterocycles. The number of aliphatic hydroxyl groups excluding tert-OH is 1. The van der Waals surface area contributed by atoms with E-state index in [-0.39, 0.29) is 12.0 Å². The fourth-order valence-corrected chi connectivity index (χ4v) is 2.36. The van der Waals surface area contributed by atoms with Crippen molar-refractivity contribution in [3.05, 3.63) is 23.0 Å². The molecule has 5 nitrogen and oxygen atoms in total. The van der Waals surface area contributed by atoms with Gasteiger partial charge in [0, 0.05) is 30.9 Å². The minimum atomic E-state index is -0.168. The summed E-state index contributed by atoms with van der Waals surface area (Å²) in [6, 6.07) is 0. The van der Waals surface area contributed by atoms with Crippen LogP contribution in [0.3, 0.4) is 0 Å². The Hall–Kier alpha value is -1.62. The van der Waals surface area contributed by atoms with Crippen LogP contribution in [-0.2, 0) is 11.8 Å². The highest BCUT2D eigenvalue weighted by molar-refractivity contribution is 5.92. The van der Waals surface area contributed by atoms with Crippen LogP contribution in [0.25, 0.3) is 6.08 Å². The lowest BCUT2D eigenvalue weighted by molar-refractivity contribution is -0.117. The number of nitrogens with one attached hydrogen (secondary N) is 1. The molecule has 1 saturated carbocycles. The van der Waals surface area contributed by atoms with E-state index in [1.807, 2.05) is 31.7 Å². The van der Waals surface area contributed by atoms with Crippen molar-refractivity contribution in [3.63, 3.8) is 0 Å². The van der Waals surface area contributed by atoms with Crippen LogP contribution in [0.5, 0.6) is 0 Å². The highest BCUT2D eigenvalue weighted by Crippen LogP contribution is 2.26. The van der Waals surface area contributed by atoms with Gasteiger partial charge >= 0.3 is 0 Å². The zero-order valence-corrected chi connectivity index (χ0v) is 11.7. The molecule has 0 radical (unpaired) electrons. The molecule has 5 heteroatoms. The molecule has 1 heterocycles. The van der Waals surface area contributed by atoms with Crippen molar-refractivity contribution in [2.75, 3.05) is 6.54 Å². The maximum absolute atomic E-state index is 11.7. The number of nitrogens with zero attached hydrogens (tertiary/aromatic N) is 2. The van der Waals surface area contributed by atoms with Gasteiger partial charge in [-0.3, -0.25) is 9.48 Å². The Morgan fingerprint density at radius 3 is 2.74 bits per heavy atom. The summed E-state index contributed by atoms with van der Waals surface area (Å²) in [4.78, 5) is 11.7. The maximum Gasteiger partial charge on any atom is 0.244 e. The molecule has 1 aliphatic carbocycles. The lowest BCUT2D eigenvalue weighted by Gasteiger charge is -2.31. The van der Waals surface area contributed by atoms with E-state index in [0.29, 0.717) is 12.5 Å². The summed E-state index contributed by atoms with van der Waals surface area (Å²) in [7, 11) is 1.89. The second-order valence-corrected chi connectivity index (χ2v) is 5.28. The number of aryl methyl sites for hydroxylation is 2. The average Bonchev–Trinajstić information content (AvgIpc) is 2.55. The van der Waals surface area contributed by atoms with Crippen molar-refractivity contribution in [2.45, 2.75) is 32.8 Å². The monoisotopic (exact) mass is 263 g/mol. The molecule has 0 spiro atoms. The van der Waals surface area contributed by atoms with Gasteiger partial charge in [-0.1, -0.05) is 0 Å². The molecule has 0 atom stereocenters. The van der Waals surface area contributed by atoms with Gasteiger partial charge in [0.25, 0.3) is 0 Å². The summed E-state index contributed by atoms with van der Waals surface area (Å²) in [5, 5.41) is 16.3. The first-order valence-electron chi connectivity index (χ1n) is 6.61. The number of rotatable bonds is 4. The smallest absolute Gasteiger partial charge is 0.244 e. The van der Waals surface area contributed by atoms with Crippen molar-refractivity contribution in [2.24, 2.45) is 13.0 Å². The van der Waals surface area contributed by atoms with Crippen molar-refractivity contribution in [1.82, 2.24) is 15.1 Å². The highest BCUT2D eigenvalue weighted by atomic mass is 16.3. The zero-order chi connectivity index (χ0) is 14.0. The molecular formula is C14H21N3O2. The van der Waals surface area contributed by atoms with Gasteiger partial charge in [-0.15, -0.1) is 0 Å². The van der Waals surface area contributed by atoms with Crippen LogP contribution in [0, 0.1) is 19.8 Å². The number of carbonyl (C=O) groups excluding carboxylic acids is 1. The predicted molar refractivity (Wildman–Crippen MR) is 73.5 cm³/mol. The molecule has 0 saturated heterocycles. The van der Waals surface area contributed by atoms with Crippen LogP contribution in [0.4, 0.5) is 0 Å². The van der Waals surface area contributed by atoms with Gasteiger partial charge in [0.1, 0.15) is 0 Å². The third-order valence-corrected chi connectivity index (χ3v) is 3.74. The summed E-state index contributed by atoms with van der Waals surface area (Å²) in [5.41, 5.74) is 2.96. The summed E-state index contributed by atoms with van der Waals surface area (Å²) < 4.78 is 1.81. The largest absolute Gasteiger partial charge is 0.393 e. The average molecular weight is 263 g/mol. The summed E-state index contributed by atoms with van der Waals surface area (Å²) in [5.74, 6) is 0.332. The fourth-order valence-electron chi connectivity index (χ4n) is 2.36. The molecule has 1 aliphatic rings. The van der Waals surface area contributed by atoms with Gasteiger partial charge < -0.3 is 10.4 Å². The van der Waals surface area contributed by atoms with E-state index in [4.69, 9.17) is 5.11 Å². The Kier molecular flexibility index (Phi) is 4.04. The molecule has 1 fully saturated rings. The zero-order valence-electron chi connectivity index (χ0n) is 11.7. The Morgan fingerprint density at radius 1 is 1.53 bits per heavy atom. The third kappa shape index (κ3) is 3.23. The number of aliphatic hydroxyl groups is 1. The van der Waals surface area contributed by atoms with Crippen LogP contribution in [0.1, 0.15) is 29.8 Å². The topological polar surface area (TPSA) is 67.2 Å². The Bertz CT molecular complexity index is 499. The molecule has 1 aromatic rings. The minimum Gasteiger partial charge on any atom is -0.393 e. The van der Waals surface area contributed by atoms with E-state index < -0.39 is 0 Å².